The van der Waals surface area contributed by atoms with Gasteiger partial charge in [-0.25, -0.2) is 4.98 Å². The second-order valence-electron chi connectivity index (χ2n) is 5.07. The Morgan fingerprint density at radius 3 is 2.81 bits per heavy atom. The molecule has 1 aromatic rings. The van der Waals surface area contributed by atoms with E-state index in [0.29, 0.717) is 19.0 Å². The van der Waals surface area contributed by atoms with Crippen LogP contribution in [0.3, 0.4) is 0 Å². The van der Waals surface area contributed by atoms with Crippen molar-refractivity contribution in [3.05, 3.63) is 15.9 Å². The van der Waals surface area contributed by atoms with E-state index in [1.54, 1.807) is 6.92 Å². The standard InChI is InChI=1S/C13H20N4O4/c1-4-20-13-10(17(18)19)12(14-8(2)3)15-11(16-13)9-6-5-7-21-9/h8-9H,4-7H2,1-3H3,(H,14,15,16). The third-order valence-electron chi connectivity index (χ3n) is 2.98. The minimum atomic E-state index is -0.519. The number of hydrogen-bond acceptors (Lipinski definition) is 7. The number of nitrogens with one attached hydrogen (secondary N) is 1. The quantitative estimate of drug-likeness (QED) is 0.635. The molecule has 0 bridgehead atoms. The van der Waals surface area contributed by atoms with Crippen molar-refractivity contribution in [2.75, 3.05) is 18.5 Å². The minimum absolute atomic E-state index is 0.00502. The Morgan fingerprint density at radius 2 is 2.29 bits per heavy atom. The van der Waals surface area contributed by atoms with Crippen molar-refractivity contribution < 1.29 is 14.4 Å². The summed E-state index contributed by atoms with van der Waals surface area (Å²) in [4.78, 5) is 19.3. The minimum Gasteiger partial charge on any atom is -0.473 e. The van der Waals surface area contributed by atoms with Gasteiger partial charge in [0.2, 0.25) is 5.82 Å². The first-order chi connectivity index (χ1) is 10.0. The molecule has 1 aromatic heterocycles. The SMILES string of the molecule is CCOc1nc(C2CCCO2)nc(NC(C)C)c1[N+](=O)[O-]. The van der Waals surface area contributed by atoms with Crippen LogP contribution in [0.1, 0.15) is 45.5 Å². The highest BCUT2D eigenvalue weighted by Crippen LogP contribution is 2.36. The first kappa shape index (κ1) is 15.4. The van der Waals surface area contributed by atoms with Crippen LogP contribution in [0.2, 0.25) is 0 Å². The molecule has 8 nitrogen and oxygen atoms in total. The predicted molar refractivity (Wildman–Crippen MR) is 76.5 cm³/mol. The fourth-order valence-electron chi connectivity index (χ4n) is 2.15. The number of anilines is 1. The maximum atomic E-state index is 11.3. The number of aromatic nitrogens is 2. The Bertz CT molecular complexity index is 515. The lowest BCUT2D eigenvalue weighted by Gasteiger charge is -2.15. The summed E-state index contributed by atoms with van der Waals surface area (Å²) in [6.07, 6.45) is 1.52. The zero-order valence-corrected chi connectivity index (χ0v) is 12.5. The van der Waals surface area contributed by atoms with Gasteiger partial charge in [-0.15, -0.1) is 0 Å². The smallest absolute Gasteiger partial charge is 0.372 e. The predicted octanol–water partition coefficient (Wildman–Crippen LogP) is 2.46. The van der Waals surface area contributed by atoms with E-state index in [1.165, 1.54) is 0 Å². The van der Waals surface area contributed by atoms with Gasteiger partial charge in [0.1, 0.15) is 6.10 Å². The summed E-state index contributed by atoms with van der Waals surface area (Å²) < 4.78 is 10.9. The maximum Gasteiger partial charge on any atom is 0.372 e. The van der Waals surface area contributed by atoms with Gasteiger partial charge in [0.15, 0.2) is 5.82 Å². The highest BCUT2D eigenvalue weighted by molar-refractivity contribution is 5.62. The van der Waals surface area contributed by atoms with Crippen LogP contribution in [0.15, 0.2) is 0 Å². The summed E-state index contributed by atoms with van der Waals surface area (Å²) in [5.74, 6) is 0.606. The summed E-state index contributed by atoms with van der Waals surface area (Å²) in [6, 6.07) is 0.00502. The Hall–Kier alpha value is -1.96. The van der Waals surface area contributed by atoms with Crippen LogP contribution in [-0.4, -0.2) is 34.1 Å². The van der Waals surface area contributed by atoms with E-state index >= 15 is 0 Å². The summed E-state index contributed by atoms with van der Waals surface area (Å²) in [5, 5.41) is 14.3. The van der Waals surface area contributed by atoms with Crippen LogP contribution in [-0.2, 0) is 4.74 Å². The lowest BCUT2D eigenvalue weighted by molar-refractivity contribution is -0.385. The van der Waals surface area contributed by atoms with Crippen LogP contribution < -0.4 is 10.1 Å². The molecule has 0 aliphatic carbocycles. The van der Waals surface area contributed by atoms with E-state index in [9.17, 15) is 10.1 Å². The summed E-state index contributed by atoms with van der Waals surface area (Å²) >= 11 is 0. The third kappa shape index (κ3) is 3.57. The molecule has 1 unspecified atom stereocenters. The fourth-order valence-corrected chi connectivity index (χ4v) is 2.15. The zero-order valence-electron chi connectivity index (χ0n) is 12.5. The molecular weight excluding hydrogens is 276 g/mol. The average molecular weight is 296 g/mol. The van der Waals surface area contributed by atoms with Gasteiger partial charge in [-0.3, -0.25) is 10.1 Å². The van der Waals surface area contributed by atoms with Crippen molar-refractivity contribution >= 4 is 11.5 Å². The van der Waals surface area contributed by atoms with E-state index in [-0.39, 0.29) is 29.5 Å². The molecule has 0 spiro atoms. The highest BCUT2D eigenvalue weighted by Gasteiger charge is 2.30. The van der Waals surface area contributed by atoms with Gasteiger partial charge < -0.3 is 14.8 Å². The number of nitro groups is 1. The summed E-state index contributed by atoms with van der Waals surface area (Å²) in [7, 11) is 0. The molecule has 0 saturated carbocycles. The highest BCUT2D eigenvalue weighted by atomic mass is 16.6. The van der Waals surface area contributed by atoms with E-state index < -0.39 is 4.92 Å². The normalized spacial score (nSPS) is 18.0. The second-order valence-corrected chi connectivity index (χ2v) is 5.07. The second kappa shape index (κ2) is 6.66. The lowest BCUT2D eigenvalue weighted by Crippen LogP contribution is -2.16. The van der Waals surface area contributed by atoms with Crippen LogP contribution in [0, 0.1) is 10.1 Å². The Morgan fingerprint density at radius 1 is 1.52 bits per heavy atom. The van der Waals surface area contributed by atoms with Gasteiger partial charge in [0.25, 0.3) is 5.88 Å². The molecule has 1 aliphatic rings. The number of rotatable bonds is 6. The van der Waals surface area contributed by atoms with Crippen LogP contribution in [0.25, 0.3) is 0 Å². The van der Waals surface area contributed by atoms with Gasteiger partial charge in [-0.2, -0.15) is 4.98 Å². The molecule has 1 saturated heterocycles. The Balaban J connectivity index is 2.48. The van der Waals surface area contributed by atoms with Crippen LogP contribution in [0.4, 0.5) is 11.5 Å². The van der Waals surface area contributed by atoms with E-state index in [0.717, 1.165) is 12.8 Å². The summed E-state index contributed by atoms with van der Waals surface area (Å²) in [5.41, 5.74) is -0.229. The number of nitrogens with zero attached hydrogens (tertiary/aromatic N) is 3. The first-order valence-electron chi connectivity index (χ1n) is 7.10. The molecule has 1 atom stereocenters. The van der Waals surface area contributed by atoms with Crippen molar-refractivity contribution in [2.45, 2.75) is 45.8 Å². The molecule has 21 heavy (non-hydrogen) atoms. The van der Waals surface area contributed by atoms with E-state index in [4.69, 9.17) is 9.47 Å². The van der Waals surface area contributed by atoms with Crippen molar-refractivity contribution in [2.24, 2.45) is 0 Å². The van der Waals surface area contributed by atoms with Crippen LogP contribution in [0.5, 0.6) is 5.88 Å². The van der Waals surface area contributed by atoms with Crippen molar-refractivity contribution in [1.82, 2.24) is 9.97 Å². The van der Waals surface area contributed by atoms with Crippen molar-refractivity contribution in [1.29, 1.82) is 0 Å². The molecule has 0 radical (unpaired) electrons. The molecule has 1 fully saturated rings. The molecule has 8 heteroatoms. The van der Waals surface area contributed by atoms with E-state index in [2.05, 4.69) is 15.3 Å². The van der Waals surface area contributed by atoms with Gasteiger partial charge in [0.05, 0.1) is 11.5 Å². The maximum absolute atomic E-state index is 11.3. The molecule has 1 aliphatic heterocycles. The largest absolute Gasteiger partial charge is 0.473 e. The van der Waals surface area contributed by atoms with Gasteiger partial charge in [-0.1, -0.05) is 0 Å². The molecular formula is C13H20N4O4. The van der Waals surface area contributed by atoms with Crippen molar-refractivity contribution in [3.8, 4) is 5.88 Å². The van der Waals surface area contributed by atoms with E-state index in [1.807, 2.05) is 13.8 Å². The molecule has 0 amide bonds. The average Bonchev–Trinajstić information content (AvgIpc) is 2.91. The zero-order chi connectivity index (χ0) is 15.4. The monoisotopic (exact) mass is 296 g/mol. The Kier molecular flexibility index (Phi) is 4.89. The molecule has 1 N–H and O–H groups in total. The van der Waals surface area contributed by atoms with Crippen molar-refractivity contribution in [3.63, 3.8) is 0 Å². The van der Waals surface area contributed by atoms with Crippen LogP contribution >= 0.6 is 0 Å². The molecule has 2 heterocycles. The summed E-state index contributed by atoms with van der Waals surface area (Å²) in [6.45, 7) is 6.48. The fraction of sp³-hybridized carbons (Fsp3) is 0.692. The molecule has 2 rings (SSSR count). The number of ether oxygens (including phenoxy) is 2. The number of hydrogen-bond donors (Lipinski definition) is 1. The third-order valence-corrected chi connectivity index (χ3v) is 2.98. The topological polar surface area (TPSA) is 99.4 Å². The van der Waals surface area contributed by atoms with Gasteiger partial charge in [0, 0.05) is 12.6 Å². The molecule has 0 aromatic carbocycles. The Labute approximate surface area is 123 Å². The van der Waals surface area contributed by atoms with Gasteiger partial charge in [-0.05, 0) is 33.6 Å². The lowest BCUT2D eigenvalue weighted by atomic mass is 10.2. The molecule has 116 valence electrons. The first-order valence-corrected chi connectivity index (χ1v) is 7.10. The van der Waals surface area contributed by atoms with Gasteiger partial charge >= 0.3 is 5.69 Å².